The van der Waals surface area contributed by atoms with Gasteiger partial charge in [-0.1, -0.05) is 63.9 Å². The molecule has 0 saturated carbocycles. The second kappa shape index (κ2) is 11.7. The number of aliphatic hydroxyl groups excluding tert-OH is 1. The van der Waals surface area contributed by atoms with Crippen LogP contribution in [0.15, 0.2) is 30.3 Å². The first-order valence-electron chi connectivity index (χ1n) is 9.43. The molecular weight excluding hydrogens is 332 g/mol. The zero-order valence-electron chi connectivity index (χ0n) is 16.3. The molecule has 0 radical (unpaired) electrons. The van der Waals surface area contributed by atoms with E-state index in [-0.39, 0.29) is 18.9 Å². The van der Waals surface area contributed by atoms with E-state index >= 15 is 0 Å². The largest absolute Gasteiger partial charge is 0.460 e. The summed E-state index contributed by atoms with van der Waals surface area (Å²) in [6, 6.07) is 9.41. The molecule has 1 N–H and O–H groups in total. The molecular formula is C21H32O5. The fourth-order valence-corrected chi connectivity index (χ4v) is 2.73. The van der Waals surface area contributed by atoms with E-state index < -0.39 is 30.1 Å². The van der Waals surface area contributed by atoms with E-state index in [2.05, 4.69) is 0 Å². The van der Waals surface area contributed by atoms with Gasteiger partial charge < -0.3 is 14.6 Å². The van der Waals surface area contributed by atoms with E-state index in [4.69, 9.17) is 9.47 Å². The molecule has 5 heteroatoms. The molecule has 0 amide bonds. The van der Waals surface area contributed by atoms with Crippen LogP contribution in [0.25, 0.3) is 0 Å². The third kappa shape index (κ3) is 8.00. The lowest BCUT2D eigenvalue weighted by atomic mass is 9.92. The van der Waals surface area contributed by atoms with Crippen LogP contribution < -0.4 is 0 Å². The quantitative estimate of drug-likeness (QED) is 0.603. The minimum atomic E-state index is -0.947. The van der Waals surface area contributed by atoms with Crippen LogP contribution in [-0.2, 0) is 25.7 Å². The molecule has 1 aromatic rings. The molecule has 1 rings (SSSR count). The summed E-state index contributed by atoms with van der Waals surface area (Å²) in [6.45, 7) is 7.56. The molecule has 0 spiro atoms. The van der Waals surface area contributed by atoms with Gasteiger partial charge in [0, 0.05) is 6.42 Å². The molecule has 0 saturated heterocycles. The highest BCUT2D eigenvalue weighted by Crippen LogP contribution is 2.22. The van der Waals surface area contributed by atoms with Crippen molar-refractivity contribution in [3.8, 4) is 0 Å². The molecule has 1 aromatic carbocycles. The van der Waals surface area contributed by atoms with Gasteiger partial charge in [-0.3, -0.25) is 9.59 Å². The number of ether oxygens (including phenoxy) is 2. The summed E-state index contributed by atoms with van der Waals surface area (Å²) in [4.78, 5) is 24.7. The molecule has 5 nitrogen and oxygen atoms in total. The first-order chi connectivity index (χ1) is 12.3. The number of esters is 2. The summed E-state index contributed by atoms with van der Waals surface area (Å²) in [5.74, 6) is -1.36. The number of carbonyl (C=O) groups is 2. The molecule has 146 valence electrons. The molecule has 0 aliphatic rings. The van der Waals surface area contributed by atoms with Crippen molar-refractivity contribution in [2.45, 2.75) is 72.2 Å². The van der Waals surface area contributed by atoms with Crippen LogP contribution in [0.4, 0.5) is 0 Å². The fourth-order valence-electron chi connectivity index (χ4n) is 2.73. The molecule has 26 heavy (non-hydrogen) atoms. The van der Waals surface area contributed by atoms with Crippen LogP contribution >= 0.6 is 0 Å². The smallest absolute Gasteiger partial charge is 0.313 e. The van der Waals surface area contributed by atoms with Crippen LogP contribution in [0, 0.1) is 11.8 Å². The maximum absolute atomic E-state index is 12.6. The maximum Gasteiger partial charge on any atom is 0.313 e. The van der Waals surface area contributed by atoms with Crippen LogP contribution in [0.3, 0.4) is 0 Å². The third-order valence-corrected chi connectivity index (χ3v) is 4.11. The average molecular weight is 364 g/mol. The van der Waals surface area contributed by atoms with Gasteiger partial charge in [0.05, 0.1) is 12.0 Å². The summed E-state index contributed by atoms with van der Waals surface area (Å²) in [5.41, 5.74) is 0.889. The second-order valence-electron chi connectivity index (χ2n) is 7.14. The average Bonchev–Trinajstić information content (AvgIpc) is 2.59. The molecule has 0 aliphatic carbocycles. The number of carbonyl (C=O) groups excluding carboxylic acids is 2. The van der Waals surface area contributed by atoms with E-state index in [0.717, 1.165) is 18.4 Å². The summed E-state index contributed by atoms with van der Waals surface area (Å²) < 4.78 is 10.9. The Morgan fingerprint density at radius 1 is 1.12 bits per heavy atom. The van der Waals surface area contributed by atoms with Crippen molar-refractivity contribution in [1.29, 1.82) is 0 Å². The Hall–Kier alpha value is -1.88. The highest BCUT2D eigenvalue weighted by Gasteiger charge is 2.35. The molecule has 0 fully saturated rings. The monoisotopic (exact) mass is 364 g/mol. The van der Waals surface area contributed by atoms with Gasteiger partial charge >= 0.3 is 11.9 Å². The highest BCUT2D eigenvalue weighted by atomic mass is 16.6. The zero-order valence-corrected chi connectivity index (χ0v) is 16.3. The summed E-state index contributed by atoms with van der Waals surface area (Å²) in [7, 11) is 0. The van der Waals surface area contributed by atoms with Crippen LogP contribution in [-0.4, -0.2) is 29.3 Å². The van der Waals surface area contributed by atoms with Gasteiger partial charge in [0.1, 0.15) is 12.7 Å². The van der Waals surface area contributed by atoms with Crippen LogP contribution in [0.5, 0.6) is 0 Å². The fraction of sp³-hybridized carbons (Fsp3) is 0.619. The summed E-state index contributed by atoms with van der Waals surface area (Å²) in [6.07, 6.45) is 0.607. The Bertz CT molecular complexity index is 539. The van der Waals surface area contributed by atoms with Crippen molar-refractivity contribution in [3.63, 3.8) is 0 Å². The minimum Gasteiger partial charge on any atom is -0.460 e. The first kappa shape index (κ1) is 22.2. The molecule has 0 aliphatic heterocycles. The summed E-state index contributed by atoms with van der Waals surface area (Å²) >= 11 is 0. The van der Waals surface area contributed by atoms with Crippen molar-refractivity contribution >= 4 is 11.9 Å². The van der Waals surface area contributed by atoms with Crippen molar-refractivity contribution in [1.82, 2.24) is 0 Å². The highest BCUT2D eigenvalue weighted by molar-refractivity contribution is 5.75. The molecule has 0 heterocycles. The lowest BCUT2D eigenvalue weighted by molar-refractivity contribution is -0.170. The predicted octanol–water partition coefficient (Wildman–Crippen LogP) is 3.87. The van der Waals surface area contributed by atoms with Gasteiger partial charge in [0.15, 0.2) is 0 Å². The number of unbranched alkanes of at least 4 members (excludes halogenated alkanes) is 1. The van der Waals surface area contributed by atoms with Crippen molar-refractivity contribution in [3.05, 3.63) is 35.9 Å². The maximum atomic E-state index is 12.6. The van der Waals surface area contributed by atoms with Gasteiger partial charge in [0.2, 0.25) is 0 Å². The standard InChI is InChI=1S/C21H32O5/c1-5-6-12-18(20(16(4)22)26-19(23)13-15(2)3)21(24)25-14-17-10-8-7-9-11-17/h7-11,15-16,18,20,22H,5-6,12-14H2,1-4H3/t16-,18+,20-/m0/s1. The Morgan fingerprint density at radius 3 is 2.31 bits per heavy atom. The lowest BCUT2D eigenvalue weighted by Crippen LogP contribution is -2.41. The van der Waals surface area contributed by atoms with Crippen molar-refractivity contribution in [2.24, 2.45) is 11.8 Å². The van der Waals surface area contributed by atoms with Gasteiger partial charge in [0.25, 0.3) is 0 Å². The van der Waals surface area contributed by atoms with Gasteiger partial charge in [-0.05, 0) is 24.8 Å². The van der Waals surface area contributed by atoms with E-state index in [9.17, 15) is 14.7 Å². The topological polar surface area (TPSA) is 72.8 Å². The number of hydrogen-bond donors (Lipinski definition) is 1. The normalized spacial score (nSPS) is 14.5. The van der Waals surface area contributed by atoms with Gasteiger partial charge in [-0.2, -0.15) is 0 Å². The number of hydrogen-bond acceptors (Lipinski definition) is 5. The molecule has 0 aromatic heterocycles. The Kier molecular flexibility index (Phi) is 9.96. The van der Waals surface area contributed by atoms with Gasteiger partial charge in [-0.15, -0.1) is 0 Å². The Balaban J connectivity index is 2.81. The van der Waals surface area contributed by atoms with Crippen molar-refractivity contribution < 1.29 is 24.2 Å². The molecule has 0 unspecified atom stereocenters. The predicted molar refractivity (Wildman–Crippen MR) is 100 cm³/mol. The third-order valence-electron chi connectivity index (χ3n) is 4.11. The van der Waals surface area contributed by atoms with Gasteiger partial charge in [-0.25, -0.2) is 0 Å². The number of rotatable bonds is 11. The lowest BCUT2D eigenvalue weighted by Gasteiger charge is -2.28. The first-order valence-corrected chi connectivity index (χ1v) is 9.43. The van der Waals surface area contributed by atoms with E-state index in [1.54, 1.807) is 0 Å². The SMILES string of the molecule is CCCC[C@@H](C(=O)OCc1ccccc1)[C@@H](OC(=O)CC(C)C)[C@H](C)O. The van der Waals surface area contributed by atoms with E-state index in [1.807, 2.05) is 51.1 Å². The van der Waals surface area contributed by atoms with Crippen LogP contribution in [0.2, 0.25) is 0 Å². The second-order valence-corrected chi connectivity index (χ2v) is 7.14. The Labute approximate surface area is 156 Å². The Morgan fingerprint density at radius 2 is 1.77 bits per heavy atom. The van der Waals surface area contributed by atoms with Crippen LogP contribution in [0.1, 0.15) is 58.9 Å². The van der Waals surface area contributed by atoms with E-state index in [0.29, 0.717) is 6.42 Å². The number of benzene rings is 1. The minimum absolute atomic E-state index is 0.149. The number of aliphatic hydroxyl groups is 1. The molecule has 0 bridgehead atoms. The molecule has 3 atom stereocenters. The summed E-state index contributed by atoms with van der Waals surface area (Å²) in [5, 5.41) is 10.1. The zero-order chi connectivity index (χ0) is 19.5. The van der Waals surface area contributed by atoms with Crippen molar-refractivity contribution in [2.75, 3.05) is 0 Å². The van der Waals surface area contributed by atoms with E-state index in [1.165, 1.54) is 6.92 Å².